The summed E-state index contributed by atoms with van der Waals surface area (Å²) in [5, 5.41) is 8.82. The topological polar surface area (TPSA) is 82.7 Å². The average molecular weight is 334 g/mol. The Balaban J connectivity index is 1.58. The largest absolute Gasteiger partial charge is 0.379 e. The molecule has 1 aliphatic heterocycles. The molecule has 1 aromatic carbocycles. The molecule has 3 N–H and O–H groups in total. The minimum Gasteiger partial charge on any atom is -0.379 e. The van der Waals surface area contributed by atoms with Gasteiger partial charge >= 0.3 is 0 Å². The number of carbonyl (C=O) groups is 2. The van der Waals surface area contributed by atoms with E-state index < -0.39 is 0 Å². The van der Waals surface area contributed by atoms with Crippen LogP contribution in [-0.4, -0.2) is 62.7 Å². The second-order valence-electron chi connectivity index (χ2n) is 5.76. The first kappa shape index (κ1) is 18.4. The average Bonchev–Trinajstić information content (AvgIpc) is 2.57. The standard InChI is InChI=1S/C17H26N4O3/c1-14(22)19-15-2-4-16(5-3-15)20-17(23)6-7-18-8-9-21-10-12-24-13-11-21/h2-5,18H,6-13H2,1H3,(H,19,22)(H,20,23). The van der Waals surface area contributed by atoms with E-state index in [1.807, 2.05) is 0 Å². The minimum absolute atomic E-state index is 0.0267. The van der Waals surface area contributed by atoms with Gasteiger partial charge in [-0.05, 0) is 24.3 Å². The van der Waals surface area contributed by atoms with Gasteiger partial charge in [0.05, 0.1) is 13.2 Å². The molecule has 1 aromatic rings. The van der Waals surface area contributed by atoms with Crippen LogP contribution in [0.1, 0.15) is 13.3 Å². The molecule has 24 heavy (non-hydrogen) atoms. The summed E-state index contributed by atoms with van der Waals surface area (Å²) >= 11 is 0. The smallest absolute Gasteiger partial charge is 0.225 e. The predicted octanol–water partition coefficient (Wildman–Crippen LogP) is 0.895. The molecule has 1 aliphatic rings. The first-order chi connectivity index (χ1) is 11.6. The molecule has 2 rings (SSSR count). The molecule has 0 bridgehead atoms. The SMILES string of the molecule is CC(=O)Nc1ccc(NC(=O)CCNCCN2CCOCC2)cc1. The summed E-state index contributed by atoms with van der Waals surface area (Å²) in [6.45, 7) is 7.55. The fourth-order valence-corrected chi connectivity index (χ4v) is 2.45. The van der Waals surface area contributed by atoms with Crippen LogP contribution in [0.4, 0.5) is 11.4 Å². The Bertz CT molecular complexity index is 527. The first-order valence-electron chi connectivity index (χ1n) is 8.32. The third-order valence-corrected chi connectivity index (χ3v) is 3.73. The number of benzene rings is 1. The van der Waals surface area contributed by atoms with Crippen LogP contribution in [0.5, 0.6) is 0 Å². The normalized spacial score (nSPS) is 15.0. The first-order valence-corrected chi connectivity index (χ1v) is 8.32. The zero-order valence-electron chi connectivity index (χ0n) is 14.1. The Morgan fingerprint density at radius 1 is 1.04 bits per heavy atom. The highest BCUT2D eigenvalue weighted by Crippen LogP contribution is 2.13. The zero-order chi connectivity index (χ0) is 17.2. The van der Waals surface area contributed by atoms with Crippen LogP contribution in [0.25, 0.3) is 0 Å². The van der Waals surface area contributed by atoms with E-state index in [0.717, 1.165) is 45.1 Å². The van der Waals surface area contributed by atoms with E-state index in [-0.39, 0.29) is 11.8 Å². The summed E-state index contributed by atoms with van der Waals surface area (Å²) < 4.78 is 5.31. The number of nitrogens with one attached hydrogen (secondary N) is 3. The zero-order valence-corrected chi connectivity index (χ0v) is 14.1. The maximum Gasteiger partial charge on any atom is 0.225 e. The molecular formula is C17H26N4O3. The van der Waals surface area contributed by atoms with Crippen LogP contribution < -0.4 is 16.0 Å². The van der Waals surface area contributed by atoms with Gasteiger partial charge in [0, 0.05) is 57.4 Å². The van der Waals surface area contributed by atoms with Gasteiger partial charge in [0.1, 0.15) is 0 Å². The second-order valence-corrected chi connectivity index (χ2v) is 5.76. The van der Waals surface area contributed by atoms with Gasteiger partial charge in [0.25, 0.3) is 0 Å². The Morgan fingerprint density at radius 3 is 2.29 bits per heavy atom. The second kappa shape index (κ2) is 10.0. The Kier molecular flexibility index (Phi) is 7.67. The molecule has 7 heteroatoms. The van der Waals surface area contributed by atoms with Crippen molar-refractivity contribution in [2.75, 3.05) is 56.6 Å². The monoisotopic (exact) mass is 334 g/mol. The molecule has 0 unspecified atom stereocenters. The Morgan fingerprint density at radius 2 is 1.67 bits per heavy atom. The number of hydrogen-bond donors (Lipinski definition) is 3. The van der Waals surface area contributed by atoms with E-state index in [1.165, 1.54) is 6.92 Å². The summed E-state index contributed by atoms with van der Waals surface area (Å²) in [6.07, 6.45) is 0.427. The highest BCUT2D eigenvalue weighted by Gasteiger charge is 2.09. The van der Waals surface area contributed by atoms with Crippen LogP contribution in [0, 0.1) is 0 Å². The van der Waals surface area contributed by atoms with Crippen molar-refractivity contribution in [1.82, 2.24) is 10.2 Å². The van der Waals surface area contributed by atoms with E-state index in [1.54, 1.807) is 24.3 Å². The predicted molar refractivity (Wildman–Crippen MR) is 94.1 cm³/mol. The third kappa shape index (κ3) is 7.08. The maximum absolute atomic E-state index is 11.9. The van der Waals surface area contributed by atoms with Crippen molar-refractivity contribution < 1.29 is 14.3 Å². The molecule has 0 spiro atoms. The van der Waals surface area contributed by atoms with Crippen LogP contribution in [0.15, 0.2) is 24.3 Å². The van der Waals surface area contributed by atoms with Crippen molar-refractivity contribution in [3.8, 4) is 0 Å². The van der Waals surface area contributed by atoms with E-state index in [4.69, 9.17) is 4.74 Å². The molecule has 1 saturated heterocycles. The molecule has 1 fully saturated rings. The lowest BCUT2D eigenvalue weighted by Crippen LogP contribution is -2.40. The number of hydrogen-bond acceptors (Lipinski definition) is 5. The lowest BCUT2D eigenvalue weighted by Gasteiger charge is -2.26. The van der Waals surface area contributed by atoms with Gasteiger partial charge in [-0.3, -0.25) is 14.5 Å². The highest BCUT2D eigenvalue weighted by atomic mass is 16.5. The molecule has 1 heterocycles. The van der Waals surface area contributed by atoms with Crippen LogP contribution in [0.2, 0.25) is 0 Å². The maximum atomic E-state index is 11.9. The van der Waals surface area contributed by atoms with Crippen molar-refractivity contribution >= 4 is 23.2 Å². The molecule has 2 amide bonds. The van der Waals surface area contributed by atoms with Crippen LogP contribution in [0.3, 0.4) is 0 Å². The highest BCUT2D eigenvalue weighted by molar-refractivity contribution is 5.92. The van der Waals surface area contributed by atoms with E-state index >= 15 is 0 Å². The van der Waals surface area contributed by atoms with Gasteiger partial charge in [-0.15, -0.1) is 0 Å². The van der Waals surface area contributed by atoms with Crippen LogP contribution in [-0.2, 0) is 14.3 Å². The summed E-state index contributed by atoms with van der Waals surface area (Å²) in [7, 11) is 0. The summed E-state index contributed by atoms with van der Waals surface area (Å²) in [6, 6.07) is 7.07. The number of anilines is 2. The van der Waals surface area contributed by atoms with E-state index in [2.05, 4.69) is 20.9 Å². The minimum atomic E-state index is -0.116. The molecule has 0 saturated carbocycles. The summed E-state index contributed by atoms with van der Waals surface area (Å²) in [4.78, 5) is 25.2. The Hall–Kier alpha value is -1.96. The number of amides is 2. The number of morpholine rings is 1. The van der Waals surface area contributed by atoms with Crippen molar-refractivity contribution in [2.24, 2.45) is 0 Å². The third-order valence-electron chi connectivity index (χ3n) is 3.73. The van der Waals surface area contributed by atoms with Gasteiger partial charge in [0.2, 0.25) is 11.8 Å². The number of carbonyl (C=O) groups excluding carboxylic acids is 2. The van der Waals surface area contributed by atoms with Gasteiger partial charge in [0.15, 0.2) is 0 Å². The van der Waals surface area contributed by atoms with Crippen molar-refractivity contribution in [3.05, 3.63) is 24.3 Å². The molecule has 0 atom stereocenters. The lowest BCUT2D eigenvalue weighted by molar-refractivity contribution is -0.116. The molecule has 132 valence electrons. The molecule has 7 nitrogen and oxygen atoms in total. The summed E-state index contributed by atoms with van der Waals surface area (Å²) in [5.41, 5.74) is 1.44. The fraction of sp³-hybridized carbons (Fsp3) is 0.529. The van der Waals surface area contributed by atoms with E-state index in [0.29, 0.717) is 18.7 Å². The molecule has 0 aromatic heterocycles. The summed E-state index contributed by atoms with van der Waals surface area (Å²) in [5.74, 6) is -0.143. The Labute approximate surface area is 142 Å². The number of nitrogens with zero attached hydrogens (tertiary/aromatic N) is 1. The van der Waals surface area contributed by atoms with Crippen molar-refractivity contribution in [2.45, 2.75) is 13.3 Å². The van der Waals surface area contributed by atoms with Gasteiger partial charge in [-0.1, -0.05) is 0 Å². The van der Waals surface area contributed by atoms with Crippen molar-refractivity contribution in [1.29, 1.82) is 0 Å². The van der Waals surface area contributed by atoms with Crippen molar-refractivity contribution in [3.63, 3.8) is 0 Å². The molecule has 0 aliphatic carbocycles. The van der Waals surface area contributed by atoms with E-state index in [9.17, 15) is 9.59 Å². The van der Waals surface area contributed by atoms with Gasteiger partial charge in [-0.25, -0.2) is 0 Å². The quantitative estimate of drug-likeness (QED) is 0.615. The number of ether oxygens (including phenoxy) is 1. The van der Waals surface area contributed by atoms with Gasteiger partial charge in [-0.2, -0.15) is 0 Å². The number of rotatable bonds is 8. The lowest BCUT2D eigenvalue weighted by atomic mass is 10.2. The molecule has 0 radical (unpaired) electrons. The van der Waals surface area contributed by atoms with Gasteiger partial charge < -0.3 is 20.7 Å². The fourth-order valence-electron chi connectivity index (χ4n) is 2.45. The van der Waals surface area contributed by atoms with Crippen LogP contribution >= 0.6 is 0 Å². The molecular weight excluding hydrogens is 308 g/mol.